The third-order valence-electron chi connectivity index (χ3n) is 4.89. The van der Waals surface area contributed by atoms with Gasteiger partial charge < -0.3 is 19.7 Å². The SMILES string of the molecule is CCNC(=NCCC1=CCOCC1)N1CC(C)OC(c2ccc(F)cc2)C1. The minimum atomic E-state index is -0.225. The summed E-state index contributed by atoms with van der Waals surface area (Å²) < 4.78 is 24.7. The zero-order valence-corrected chi connectivity index (χ0v) is 16.3. The average Bonchev–Trinajstić information content (AvgIpc) is 2.68. The topological polar surface area (TPSA) is 46.1 Å². The maximum Gasteiger partial charge on any atom is 0.194 e. The van der Waals surface area contributed by atoms with Gasteiger partial charge in [-0.15, -0.1) is 0 Å². The van der Waals surface area contributed by atoms with Gasteiger partial charge in [-0.3, -0.25) is 4.99 Å². The molecular weight excluding hydrogens is 345 g/mol. The number of benzene rings is 1. The van der Waals surface area contributed by atoms with Gasteiger partial charge in [-0.05, 0) is 44.4 Å². The molecule has 2 heterocycles. The van der Waals surface area contributed by atoms with E-state index in [0.717, 1.165) is 57.2 Å². The first-order chi connectivity index (χ1) is 13.2. The summed E-state index contributed by atoms with van der Waals surface area (Å²) in [5.74, 6) is 0.698. The number of halogens is 1. The molecule has 1 saturated heterocycles. The molecule has 2 aliphatic heterocycles. The number of hydrogen-bond acceptors (Lipinski definition) is 3. The Labute approximate surface area is 161 Å². The molecule has 0 radical (unpaired) electrons. The van der Waals surface area contributed by atoms with E-state index in [4.69, 9.17) is 14.5 Å². The first kappa shape index (κ1) is 19.8. The number of rotatable bonds is 5. The fraction of sp³-hybridized carbons (Fsp3) is 0.571. The van der Waals surface area contributed by atoms with E-state index < -0.39 is 0 Å². The second-order valence-electron chi connectivity index (χ2n) is 7.06. The summed E-state index contributed by atoms with van der Waals surface area (Å²) >= 11 is 0. The van der Waals surface area contributed by atoms with Gasteiger partial charge >= 0.3 is 0 Å². The van der Waals surface area contributed by atoms with Crippen molar-refractivity contribution in [2.45, 2.75) is 38.9 Å². The van der Waals surface area contributed by atoms with Crippen LogP contribution in [0.3, 0.4) is 0 Å². The Morgan fingerprint density at radius 2 is 2.11 bits per heavy atom. The van der Waals surface area contributed by atoms with E-state index in [1.165, 1.54) is 17.7 Å². The molecule has 1 aromatic rings. The monoisotopic (exact) mass is 375 g/mol. The van der Waals surface area contributed by atoms with Gasteiger partial charge in [0, 0.05) is 19.6 Å². The summed E-state index contributed by atoms with van der Waals surface area (Å²) in [5.41, 5.74) is 2.43. The molecule has 0 saturated carbocycles. The van der Waals surface area contributed by atoms with Crippen LogP contribution in [0.4, 0.5) is 4.39 Å². The van der Waals surface area contributed by atoms with Crippen LogP contribution in [-0.2, 0) is 9.47 Å². The number of guanidine groups is 1. The smallest absolute Gasteiger partial charge is 0.194 e. The van der Waals surface area contributed by atoms with Crippen LogP contribution in [0.5, 0.6) is 0 Å². The van der Waals surface area contributed by atoms with Gasteiger partial charge in [0.1, 0.15) is 11.9 Å². The summed E-state index contributed by atoms with van der Waals surface area (Å²) in [6.45, 7) is 8.77. The second kappa shape index (κ2) is 9.85. The Kier molecular flexibility index (Phi) is 7.24. The minimum Gasteiger partial charge on any atom is -0.377 e. The number of hydrogen-bond donors (Lipinski definition) is 1. The van der Waals surface area contributed by atoms with Crippen LogP contribution in [0, 0.1) is 5.82 Å². The normalized spacial score (nSPS) is 23.9. The average molecular weight is 375 g/mol. The van der Waals surface area contributed by atoms with E-state index in [-0.39, 0.29) is 18.0 Å². The number of nitrogens with one attached hydrogen (secondary N) is 1. The summed E-state index contributed by atoms with van der Waals surface area (Å²) in [5, 5.41) is 3.41. The van der Waals surface area contributed by atoms with E-state index in [1.807, 2.05) is 0 Å². The molecule has 2 atom stereocenters. The van der Waals surface area contributed by atoms with Crippen molar-refractivity contribution in [3.63, 3.8) is 0 Å². The highest BCUT2D eigenvalue weighted by atomic mass is 19.1. The molecule has 2 aliphatic rings. The number of aliphatic imine (C=N–C) groups is 1. The van der Waals surface area contributed by atoms with Crippen molar-refractivity contribution in [1.29, 1.82) is 0 Å². The van der Waals surface area contributed by atoms with E-state index in [1.54, 1.807) is 12.1 Å². The fourth-order valence-corrected chi connectivity index (χ4v) is 3.51. The highest BCUT2D eigenvalue weighted by molar-refractivity contribution is 5.80. The molecule has 27 heavy (non-hydrogen) atoms. The van der Waals surface area contributed by atoms with Crippen molar-refractivity contribution in [3.8, 4) is 0 Å². The predicted molar refractivity (Wildman–Crippen MR) is 105 cm³/mol. The Balaban J connectivity index is 1.66. The fourth-order valence-electron chi connectivity index (χ4n) is 3.51. The lowest BCUT2D eigenvalue weighted by molar-refractivity contribution is -0.0605. The van der Waals surface area contributed by atoms with Crippen molar-refractivity contribution in [1.82, 2.24) is 10.2 Å². The minimum absolute atomic E-state index is 0.0795. The Hall–Kier alpha value is -1.92. The van der Waals surface area contributed by atoms with Gasteiger partial charge in [0.25, 0.3) is 0 Å². The molecule has 1 aromatic carbocycles. The first-order valence-electron chi connectivity index (χ1n) is 9.85. The highest BCUT2D eigenvalue weighted by Crippen LogP contribution is 2.25. The lowest BCUT2D eigenvalue weighted by Crippen LogP contribution is -2.50. The third-order valence-corrected chi connectivity index (χ3v) is 4.89. The Morgan fingerprint density at radius 3 is 2.81 bits per heavy atom. The van der Waals surface area contributed by atoms with Crippen molar-refractivity contribution in [3.05, 3.63) is 47.3 Å². The molecule has 0 amide bonds. The van der Waals surface area contributed by atoms with Gasteiger partial charge in [-0.2, -0.15) is 0 Å². The standard InChI is InChI=1S/C21H30FN3O2/c1-3-23-21(24-11-8-17-9-12-26-13-10-17)25-14-16(2)27-20(15-25)18-4-6-19(22)7-5-18/h4-7,9,16,20H,3,8,10-15H2,1-2H3,(H,23,24). The van der Waals surface area contributed by atoms with Gasteiger partial charge in [0.2, 0.25) is 0 Å². The highest BCUT2D eigenvalue weighted by Gasteiger charge is 2.28. The predicted octanol–water partition coefficient (Wildman–Crippen LogP) is 3.29. The lowest BCUT2D eigenvalue weighted by atomic mass is 10.1. The van der Waals surface area contributed by atoms with Crippen molar-refractivity contribution < 1.29 is 13.9 Å². The van der Waals surface area contributed by atoms with Gasteiger partial charge in [0.05, 0.1) is 25.9 Å². The van der Waals surface area contributed by atoms with Crippen LogP contribution in [0.1, 0.15) is 38.4 Å². The molecule has 0 bridgehead atoms. The van der Waals surface area contributed by atoms with E-state index in [2.05, 4.69) is 30.1 Å². The zero-order chi connectivity index (χ0) is 19.1. The summed E-state index contributed by atoms with van der Waals surface area (Å²) in [6, 6.07) is 6.59. The summed E-state index contributed by atoms with van der Waals surface area (Å²) in [4.78, 5) is 7.10. The summed E-state index contributed by atoms with van der Waals surface area (Å²) in [6.07, 6.45) is 4.15. The Morgan fingerprint density at radius 1 is 1.30 bits per heavy atom. The zero-order valence-electron chi connectivity index (χ0n) is 16.3. The van der Waals surface area contributed by atoms with E-state index in [9.17, 15) is 4.39 Å². The summed E-state index contributed by atoms with van der Waals surface area (Å²) in [7, 11) is 0. The molecular formula is C21H30FN3O2. The third kappa shape index (κ3) is 5.78. The number of morpholine rings is 1. The van der Waals surface area contributed by atoms with Crippen LogP contribution >= 0.6 is 0 Å². The molecule has 0 spiro atoms. The molecule has 5 nitrogen and oxygen atoms in total. The number of nitrogens with zero attached hydrogens (tertiary/aromatic N) is 2. The van der Waals surface area contributed by atoms with Crippen molar-refractivity contribution in [2.24, 2.45) is 4.99 Å². The van der Waals surface area contributed by atoms with Gasteiger partial charge in [0.15, 0.2) is 5.96 Å². The molecule has 0 aliphatic carbocycles. The van der Waals surface area contributed by atoms with Crippen LogP contribution < -0.4 is 5.32 Å². The van der Waals surface area contributed by atoms with E-state index >= 15 is 0 Å². The maximum absolute atomic E-state index is 13.2. The van der Waals surface area contributed by atoms with Gasteiger partial charge in [-0.1, -0.05) is 23.8 Å². The maximum atomic E-state index is 13.2. The van der Waals surface area contributed by atoms with Crippen LogP contribution in [0.2, 0.25) is 0 Å². The number of ether oxygens (including phenoxy) is 2. The Bertz CT molecular complexity index is 660. The first-order valence-corrected chi connectivity index (χ1v) is 9.85. The molecule has 3 rings (SSSR count). The molecule has 148 valence electrons. The lowest BCUT2D eigenvalue weighted by Gasteiger charge is -2.38. The molecule has 0 aromatic heterocycles. The van der Waals surface area contributed by atoms with Crippen molar-refractivity contribution in [2.75, 3.05) is 39.4 Å². The van der Waals surface area contributed by atoms with Gasteiger partial charge in [-0.25, -0.2) is 4.39 Å². The van der Waals surface area contributed by atoms with Crippen LogP contribution in [-0.4, -0.2) is 56.4 Å². The van der Waals surface area contributed by atoms with E-state index in [0.29, 0.717) is 6.54 Å². The van der Waals surface area contributed by atoms with Crippen molar-refractivity contribution >= 4 is 5.96 Å². The largest absolute Gasteiger partial charge is 0.377 e. The van der Waals surface area contributed by atoms with Crippen LogP contribution in [0.15, 0.2) is 40.9 Å². The second-order valence-corrected chi connectivity index (χ2v) is 7.06. The molecule has 1 N–H and O–H groups in total. The molecule has 1 fully saturated rings. The molecule has 2 unspecified atom stereocenters. The van der Waals surface area contributed by atoms with Crippen LogP contribution in [0.25, 0.3) is 0 Å². The quantitative estimate of drug-likeness (QED) is 0.487. The molecule has 6 heteroatoms.